The molecule has 82 valence electrons. The van der Waals surface area contributed by atoms with Gasteiger partial charge in [-0.05, 0) is 45.7 Å². The molecule has 0 aromatic carbocycles. The van der Waals surface area contributed by atoms with Crippen LogP contribution in [0.4, 0.5) is 0 Å². The monoisotopic (exact) mass is 197 g/mol. The first-order valence-electron chi connectivity index (χ1n) is 5.97. The van der Waals surface area contributed by atoms with Gasteiger partial charge in [-0.15, -0.1) is 0 Å². The van der Waals surface area contributed by atoms with E-state index >= 15 is 0 Å². The standard InChI is InChI=1S/C12H23NO/c1-4-10-9-13-7-5-12(10)6-8-14-11(12,2)3/h10,13H,4-9H2,1-3H3. The molecule has 2 saturated heterocycles. The SMILES string of the molecule is CCC1CNCCC12CCOC2(C)C. The molecule has 2 aliphatic heterocycles. The fourth-order valence-corrected chi connectivity index (χ4v) is 3.58. The molecule has 2 heterocycles. The first kappa shape index (κ1) is 10.4. The summed E-state index contributed by atoms with van der Waals surface area (Å²) in [6.45, 7) is 10.2. The van der Waals surface area contributed by atoms with Crippen LogP contribution in [-0.2, 0) is 4.74 Å². The fourth-order valence-electron chi connectivity index (χ4n) is 3.58. The summed E-state index contributed by atoms with van der Waals surface area (Å²) in [5.74, 6) is 0.800. The summed E-state index contributed by atoms with van der Waals surface area (Å²) >= 11 is 0. The predicted molar refractivity (Wildman–Crippen MR) is 58.3 cm³/mol. The van der Waals surface area contributed by atoms with E-state index in [1.54, 1.807) is 0 Å². The van der Waals surface area contributed by atoms with Crippen LogP contribution in [0, 0.1) is 11.3 Å². The van der Waals surface area contributed by atoms with Gasteiger partial charge in [0.15, 0.2) is 0 Å². The Morgan fingerprint density at radius 1 is 1.36 bits per heavy atom. The Labute approximate surface area is 87.4 Å². The highest BCUT2D eigenvalue weighted by Crippen LogP contribution is 2.53. The molecule has 0 amide bonds. The Morgan fingerprint density at radius 2 is 2.14 bits per heavy atom. The lowest BCUT2D eigenvalue weighted by Crippen LogP contribution is -2.53. The van der Waals surface area contributed by atoms with Crippen LogP contribution in [0.3, 0.4) is 0 Å². The maximum atomic E-state index is 5.94. The van der Waals surface area contributed by atoms with Crippen LogP contribution < -0.4 is 5.32 Å². The van der Waals surface area contributed by atoms with E-state index in [-0.39, 0.29) is 5.60 Å². The topological polar surface area (TPSA) is 21.3 Å². The van der Waals surface area contributed by atoms with Crippen LogP contribution in [0.1, 0.15) is 40.0 Å². The number of hydrogen-bond donors (Lipinski definition) is 1. The highest BCUT2D eigenvalue weighted by molar-refractivity contribution is 5.04. The molecule has 2 unspecified atom stereocenters. The Bertz CT molecular complexity index is 214. The van der Waals surface area contributed by atoms with E-state index in [4.69, 9.17) is 4.74 Å². The van der Waals surface area contributed by atoms with Crippen molar-refractivity contribution in [3.63, 3.8) is 0 Å². The minimum Gasteiger partial charge on any atom is -0.375 e. The zero-order valence-corrected chi connectivity index (χ0v) is 9.73. The summed E-state index contributed by atoms with van der Waals surface area (Å²) in [6.07, 6.45) is 3.83. The second kappa shape index (κ2) is 3.49. The Balaban J connectivity index is 2.26. The average Bonchev–Trinajstić information content (AvgIpc) is 2.44. The summed E-state index contributed by atoms with van der Waals surface area (Å²) in [5.41, 5.74) is 0.544. The fraction of sp³-hybridized carbons (Fsp3) is 1.00. The molecular weight excluding hydrogens is 174 g/mol. The van der Waals surface area contributed by atoms with Crippen molar-refractivity contribution in [3.8, 4) is 0 Å². The van der Waals surface area contributed by atoms with Gasteiger partial charge >= 0.3 is 0 Å². The lowest BCUT2D eigenvalue weighted by molar-refractivity contribution is -0.0737. The molecule has 14 heavy (non-hydrogen) atoms. The number of piperidine rings is 1. The molecule has 1 N–H and O–H groups in total. The molecule has 2 fully saturated rings. The molecule has 0 saturated carbocycles. The maximum absolute atomic E-state index is 5.94. The molecule has 0 aromatic rings. The van der Waals surface area contributed by atoms with E-state index in [1.165, 1.54) is 32.4 Å². The van der Waals surface area contributed by atoms with Gasteiger partial charge in [-0.3, -0.25) is 0 Å². The van der Waals surface area contributed by atoms with Gasteiger partial charge in [0, 0.05) is 12.0 Å². The van der Waals surface area contributed by atoms with Crippen LogP contribution in [0.2, 0.25) is 0 Å². The summed E-state index contributed by atoms with van der Waals surface area (Å²) in [6, 6.07) is 0. The van der Waals surface area contributed by atoms with Crippen molar-refractivity contribution >= 4 is 0 Å². The number of rotatable bonds is 1. The Hall–Kier alpha value is -0.0800. The minimum atomic E-state index is 0.0930. The largest absolute Gasteiger partial charge is 0.375 e. The lowest BCUT2D eigenvalue weighted by atomic mass is 9.60. The lowest BCUT2D eigenvalue weighted by Gasteiger charge is -2.49. The Morgan fingerprint density at radius 3 is 2.71 bits per heavy atom. The smallest absolute Gasteiger partial charge is 0.0686 e. The molecular formula is C12H23NO. The molecule has 2 nitrogen and oxygen atoms in total. The number of hydrogen-bond acceptors (Lipinski definition) is 2. The van der Waals surface area contributed by atoms with Gasteiger partial charge in [-0.2, -0.15) is 0 Å². The normalized spacial score (nSPS) is 41.8. The number of ether oxygens (including phenoxy) is 1. The molecule has 0 radical (unpaired) electrons. The van der Waals surface area contributed by atoms with Crippen molar-refractivity contribution in [1.82, 2.24) is 5.32 Å². The summed E-state index contributed by atoms with van der Waals surface area (Å²) in [7, 11) is 0. The maximum Gasteiger partial charge on any atom is 0.0686 e. The second-order valence-electron chi connectivity index (χ2n) is 5.32. The third-order valence-electron chi connectivity index (χ3n) is 4.62. The third kappa shape index (κ3) is 1.31. The van der Waals surface area contributed by atoms with Gasteiger partial charge in [-0.25, -0.2) is 0 Å². The first-order chi connectivity index (χ1) is 6.62. The highest BCUT2D eigenvalue weighted by Gasteiger charge is 2.54. The third-order valence-corrected chi connectivity index (χ3v) is 4.62. The van der Waals surface area contributed by atoms with Gasteiger partial charge in [0.05, 0.1) is 5.60 Å². The molecule has 0 aromatic heterocycles. The van der Waals surface area contributed by atoms with E-state index in [2.05, 4.69) is 26.1 Å². The van der Waals surface area contributed by atoms with Crippen LogP contribution in [-0.4, -0.2) is 25.3 Å². The quantitative estimate of drug-likeness (QED) is 0.696. The molecule has 0 aliphatic carbocycles. The van der Waals surface area contributed by atoms with Crippen molar-refractivity contribution < 1.29 is 4.74 Å². The van der Waals surface area contributed by atoms with Gasteiger partial charge < -0.3 is 10.1 Å². The first-order valence-corrected chi connectivity index (χ1v) is 5.97. The van der Waals surface area contributed by atoms with Gasteiger partial charge in [0.25, 0.3) is 0 Å². The molecule has 2 rings (SSSR count). The van der Waals surface area contributed by atoms with E-state index in [9.17, 15) is 0 Å². The zero-order chi connectivity index (χ0) is 10.2. The summed E-state index contributed by atoms with van der Waals surface area (Å²) in [4.78, 5) is 0. The molecule has 2 aliphatic rings. The van der Waals surface area contributed by atoms with E-state index < -0.39 is 0 Å². The summed E-state index contributed by atoms with van der Waals surface area (Å²) < 4.78 is 5.94. The van der Waals surface area contributed by atoms with Crippen LogP contribution >= 0.6 is 0 Å². The van der Waals surface area contributed by atoms with Crippen molar-refractivity contribution in [2.45, 2.75) is 45.6 Å². The summed E-state index contributed by atoms with van der Waals surface area (Å²) in [5, 5.41) is 3.52. The number of nitrogens with one attached hydrogen (secondary N) is 1. The van der Waals surface area contributed by atoms with Crippen LogP contribution in [0.15, 0.2) is 0 Å². The minimum absolute atomic E-state index is 0.0930. The van der Waals surface area contributed by atoms with Crippen molar-refractivity contribution in [1.29, 1.82) is 0 Å². The molecule has 0 bridgehead atoms. The van der Waals surface area contributed by atoms with Gasteiger partial charge in [-0.1, -0.05) is 13.3 Å². The van der Waals surface area contributed by atoms with Crippen LogP contribution in [0.5, 0.6) is 0 Å². The Kier molecular flexibility index (Phi) is 2.61. The van der Waals surface area contributed by atoms with Crippen LogP contribution in [0.25, 0.3) is 0 Å². The molecule has 2 atom stereocenters. The van der Waals surface area contributed by atoms with Crippen molar-refractivity contribution in [2.24, 2.45) is 11.3 Å². The molecule has 1 spiro atoms. The van der Waals surface area contributed by atoms with E-state index in [0.29, 0.717) is 5.41 Å². The van der Waals surface area contributed by atoms with Gasteiger partial charge in [0.1, 0.15) is 0 Å². The van der Waals surface area contributed by atoms with Crippen molar-refractivity contribution in [3.05, 3.63) is 0 Å². The predicted octanol–water partition coefficient (Wildman–Crippen LogP) is 2.19. The second-order valence-corrected chi connectivity index (χ2v) is 5.32. The highest BCUT2D eigenvalue weighted by atomic mass is 16.5. The van der Waals surface area contributed by atoms with Gasteiger partial charge in [0.2, 0.25) is 0 Å². The van der Waals surface area contributed by atoms with E-state index in [1.807, 2.05) is 0 Å². The average molecular weight is 197 g/mol. The van der Waals surface area contributed by atoms with Crippen molar-refractivity contribution in [2.75, 3.05) is 19.7 Å². The zero-order valence-electron chi connectivity index (χ0n) is 9.73. The molecule has 2 heteroatoms. The van der Waals surface area contributed by atoms with E-state index in [0.717, 1.165) is 12.5 Å².